The van der Waals surface area contributed by atoms with Crippen molar-refractivity contribution < 1.29 is 14.3 Å². The summed E-state index contributed by atoms with van der Waals surface area (Å²) < 4.78 is 11.6. The van der Waals surface area contributed by atoms with E-state index in [2.05, 4.69) is 20.8 Å². The minimum Gasteiger partial charge on any atom is -0.462 e. The molecule has 1 aromatic rings. The van der Waals surface area contributed by atoms with Gasteiger partial charge in [0.1, 0.15) is 0 Å². The monoisotopic (exact) mass is 303 g/mol. The Morgan fingerprint density at radius 1 is 1.45 bits per heavy atom. The SMILES string of the molecule is COCCNCCn1nnnc1SCC(=O)OC(C)C. The third-order valence-corrected chi connectivity index (χ3v) is 3.10. The lowest BCUT2D eigenvalue weighted by atomic mass is 10.5. The molecule has 9 heteroatoms. The molecular formula is C11H21N5O3S. The number of thioether (sulfide) groups is 1. The first-order valence-electron chi connectivity index (χ1n) is 6.41. The van der Waals surface area contributed by atoms with E-state index in [1.807, 2.05) is 13.8 Å². The van der Waals surface area contributed by atoms with E-state index in [1.165, 1.54) is 11.8 Å². The number of esters is 1. The molecule has 0 unspecified atom stereocenters. The molecule has 0 amide bonds. The van der Waals surface area contributed by atoms with E-state index >= 15 is 0 Å². The molecular weight excluding hydrogens is 282 g/mol. The van der Waals surface area contributed by atoms with Gasteiger partial charge in [0.25, 0.3) is 0 Å². The number of carbonyl (C=O) groups excluding carboxylic acids is 1. The molecule has 0 aliphatic carbocycles. The van der Waals surface area contributed by atoms with Crippen LogP contribution in [0, 0.1) is 0 Å². The largest absolute Gasteiger partial charge is 0.462 e. The lowest BCUT2D eigenvalue weighted by Gasteiger charge is -2.08. The van der Waals surface area contributed by atoms with Crippen molar-refractivity contribution in [3.05, 3.63) is 0 Å². The van der Waals surface area contributed by atoms with Gasteiger partial charge in [-0.2, -0.15) is 0 Å². The third kappa shape index (κ3) is 6.83. The fourth-order valence-electron chi connectivity index (χ4n) is 1.34. The minimum absolute atomic E-state index is 0.107. The van der Waals surface area contributed by atoms with Crippen molar-refractivity contribution in [1.82, 2.24) is 25.5 Å². The highest BCUT2D eigenvalue weighted by atomic mass is 32.2. The number of tetrazole rings is 1. The van der Waals surface area contributed by atoms with Crippen LogP contribution in [0.15, 0.2) is 5.16 Å². The van der Waals surface area contributed by atoms with Crippen molar-refractivity contribution in [2.24, 2.45) is 0 Å². The summed E-state index contributed by atoms with van der Waals surface area (Å²) in [6, 6.07) is 0. The Labute approximate surface area is 122 Å². The first-order chi connectivity index (χ1) is 9.63. The van der Waals surface area contributed by atoms with E-state index in [1.54, 1.807) is 11.8 Å². The smallest absolute Gasteiger partial charge is 0.316 e. The molecule has 0 saturated carbocycles. The lowest BCUT2D eigenvalue weighted by Crippen LogP contribution is -2.24. The normalized spacial score (nSPS) is 11.0. The molecule has 1 aromatic heterocycles. The van der Waals surface area contributed by atoms with Crippen LogP contribution in [-0.2, 0) is 20.8 Å². The van der Waals surface area contributed by atoms with Gasteiger partial charge in [0.2, 0.25) is 5.16 Å². The molecule has 20 heavy (non-hydrogen) atoms. The molecule has 0 saturated heterocycles. The maximum atomic E-state index is 11.4. The number of methoxy groups -OCH3 is 1. The molecule has 0 aliphatic rings. The van der Waals surface area contributed by atoms with Crippen molar-refractivity contribution >= 4 is 17.7 Å². The molecule has 0 bridgehead atoms. The van der Waals surface area contributed by atoms with E-state index in [0.29, 0.717) is 18.3 Å². The molecule has 0 fully saturated rings. The summed E-state index contributed by atoms with van der Waals surface area (Å²) in [5, 5.41) is 15.2. The Morgan fingerprint density at radius 3 is 2.95 bits per heavy atom. The van der Waals surface area contributed by atoms with Gasteiger partial charge in [0, 0.05) is 20.2 Å². The van der Waals surface area contributed by atoms with Crippen LogP contribution in [-0.4, -0.2) is 64.8 Å². The summed E-state index contributed by atoms with van der Waals surface area (Å²) in [5.74, 6) is -0.0619. The molecule has 1 rings (SSSR count). The van der Waals surface area contributed by atoms with E-state index in [9.17, 15) is 4.79 Å². The number of rotatable bonds is 10. The van der Waals surface area contributed by atoms with Gasteiger partial charge in [-0.1, -0.05) is 11.8 Å². The summed E-state index contributed by atoms with van der Waals surface area (Å²) in [6.45, 7) is 6.45. The second-order valence-corrected chi connectivity index (χ2v) is 5.20. The van der Waals surface area contributed by atoms with Crippen LogP contribution in [0.5, 0.6) is 0 Å². The fourth-order valence-corrected chi connectivity index (χ4v) is 2.03. The second kappa shape index (κ2) is 9.67. The highest BCUT2D eigenvalue weighted by Crippen LogP contribution is 2.13. The van der Waals surface area contributed by atoms with Crippen molar-refractivity contribution in [1.29, 1.82) is 0 Å². The van der Waals surface area contributed by atoms with Crippen LogP contribution >= 0.6 is 11.8 Å². The number of aromatic nitrogens is 4. The van der Waals surface area contributed by atoms with Crippen molar-refractivity contribution in [2.75, 3.05) is 32.6 Å². The van der Waals surface area contributed by atoms with E-state index < -0.39 is 0 Å². The number of carbonyl (C=O) groups is 1. The molecule has 1 heterocycles. The Morgan fingerprint density at radius 2 is 2.25 bits per heavy atom. The van der Waals surface area contributed by atoms with Gasteiger partial charge in [0.15, 0.2) is 0 Å². The highest BCUT2D eigenvalue weighted by Gasteiger charge is 2.11. The van der Waals surface area contributed by atoms with Gasteiger partial charge in [0.05, 0.1) is 25.0 Å². The third-order valence-electron chi connectivity index (χ3n) is 2.17. The Bertz CT molecular complexity index is 399. The predicted octanol–water partition coefficient (Wildman–Crippen LogP) is -0.0472. The molecule has 0 spiro atoms. The number of hydrogen-bond acceptors (Lipinski definition) is 8. The average Bonchev–Trinajstić information content (AvgIpc) is 2.83. The van der Waals surface area contributed by atoms with E-state index in [4.69, 9.17) is 9.47 Å². The second-order valence-electron chi connectivity index (χ2n) is 4.25. The summed E-state index contributed by atoms with van der Waals surface area (Å²) >= 11 is 1.27. The quantitative estimate of drug-likeness (QED) is 0.365. The number of hydrogen-bond donors (Lipinski definition) is 1. The lowest BCUT2D eigenvalue weighted by molar-refractivity contribution is -0.144. The number of nitrogens with zero attached hydrogens (tertiary/aromatic N) is 4. The predicted molar refractivity (Wildman–Crippen MR) is 74.5 cm³/mol. The maximum Gasteiger partial charge on any atom is 0.316 e. The topological polar surface area (TPSA) is 91.2 Å². The van der Waals surface area contributed by atoms with Gasteiger partial charge in [-0.3, -0.25) is 4.79 Å². The van der Waals surface area contributed by atoms with E-state index in [-0.39, 0.29) is 17.8 Å². The Hall–Kier alpha value is -1.19. The first kappa shape index (κ1) is 16.9. The Balaban J connectivity index is 2.29. The standard InChI is InChI=1S/C11H21N5O3S/c1-9(2)19-10(17)8-20-11-13-14-15-16(11)6-4-12-5-7-18-3/h9,12H,4-8H2,1-3H3. The van der Waals surface area contributed by atoms with E-state index in [0.717, 1.165) is 13.1 Å². The molecule has 114 valence electrons. The van der Waals surface area contributed by atoms with Gasteiger partial charge in [-0.25, -0.2) is 4.68 Å². The van der Waals surface area contributed by atoms with Crippen LogP contribution < -0.4 is 5.32 Å². The van der Waals surface area contributed by atoms with Crippen LogP contribution in [0.4, 0.5) is 0 Å². The highest BCUT2D eigenvalue weighted by molar-refractivity contribution is 7.99. The van der Waals surface area contributed by atoms with Crippen molar-refractivity contribution in [3.63, 3.8) is 0 Å². The summed E-state index contributed by atoms with van der Waals surface area (Å²) in [7, 11) is 1.66. The molecule has 0 atom stereocenters. The van der Waals surface area contributed by atoms with Crippen LogP contribution in [0.3, 0.4) is 0 Å². The van der Waals surface area contributed by atoms with Crippen molar-refractivity contribution in [2.45, 2.75) is 31.7 Å². The van der Waals surface area contributed by atoms with Crippen molar-refractivity contribution in [3.8, 4) is 0 Å². The molecule has 0 radical (unpaired) electrons. The fraction of sp³-hybridized carbons (Fsp3) is 0.818. The van der Waals surface area contributed by atoms with Gasteiger partial charge in [-0.15, -0.1) is 5.10 Å². The van der Waals surface area contributed by atoms with Gasteiger partial charge >= 0.3 is 5.97 Å². The van der Waals surface area contributed by atoms with Crippen LogP contribution in [0.2, 0.25) is 0 Å². The van der Waals surface area contributed by atoms with Gasteiger partial charge < -0.3 is 14.8 Å². The molecule has 0 aromatic carbocycles. The minimum atomic E-state index is -0.266. The first-order valence-corrected chi connectivity index (χ1v) is 7.40. The summed E-state index contributed by atoms with van der Waals surface area (Å²) in [5.41, 5.74) is 0. The molecule has 8 nitrogen and oxygen atoms in total. The average molecular weight is 303 g/mol. The maximum absolute atomic E-state index is 11.4. The molecule has 1 N–H and O–H groups in total. The van der Waals surface area contributed by atoms with Gasteiger partial charge in [-0.05, 0) is 24.3 Å². The number of nitrogens with one attached hydrogen (secondary N) is 1. The summed E-state index contributed by atoms with van der Waals surface area (Å²) in [4.78, 5) is 11.4. The molecule has 0 aliphatic heterocycles. The zero-order valence-electron chi connectivity index (χ0n) is 12.0. The summed E-state index contributed by atoms with van der Waals surface area (Å²) in [6.07, 6.45) is -0.107. The van der Waals surface area contributed by atoms with Crippen LogP contribution in [0.25, 0.3) is 0 Å². The zero-order chi connectivity index (χ0) is 14.8. The zero-order valence-corrected chi connectivity index (χ0v) is 12.9. The Kier molecular flexibility index (Phi) is 8.16. The van der Waals surface area contributed by atoms with Crippen LogP contribution in [0.1, 0.15) is 13.8 Å². The number of ether oxygens (including phenoxy) is 2.